The van der Waals surface area contributed by atoms with E-state index in [0.717, 1.165) is 6.42 Å². The second-order valence-corrected chi connectivity index (χ2v) is 4.78. The summed E-state index contributed by atoms with van der Waals surface area (Å²) in [5.74, 6) is 0.705. The van der Waals surface area contributed by atoms with Gasteiger partial charge in [0.25, 0.3) is 0 Å². The molecule has 1 aliphatic carbocycles. The van der Waals surface area contributed by atoms with Crippen LogP contribution >= 0.6 is 0 Å². The summed E-state index contributed by atoms with van der Waals surface area (Å²) >= 11 is 0. The molecule has 0 radical (unpaired) electrons. The summed E-state index contributed by atoms with van der Waals surface area (Å²) in [5, 5.41) is 10.0. The highest BCUT2D eigenvalue weighted by atomic mass is 16.6. The fourth-order valence-corrected chi connectivity index (χ4v) is 2.65. The highest BCUT2D eigenvalue weighted by molar-refractivity contribution is 5.16. The molecule has 0 aromatic rings. The zero-order valence-electron chi connectivity index (χ0n) is 8.58. The summed E-state index contributed by atoms with van der Waals surface area (Å²) in [7, 11) is 0. The summed E-state index contributed by atoms with van der Waals surface area (Å²) in [5.41, 5.74) is 0.926. The number of hydrogen-bond acceptors (Lipinski definition) is 2. The minimum absolute atomic E-state index is 0.245. The van der Waals surface area contributed by atoms with Gasteiger partial charge in [-0.15, -0.1) is 0 Å². The lowest BCUT2D eigenvalue weighted by Gasteiger charge is -2.34. The van der Waals surface area contributed by atoms with Crippen LogP contribution < -0.4 is 0 Å². The van der Waals surface area contributed by atoms with E-state index in [1.807, 2.05) is 13.8 Å². The first-order valence-corrected chi connectivity index (χ1v) is 4.98. The first-order chi connectivity index (χ1) is 5.97. The quantitative estimate of drug-likeness (QED) is 0.495. The Balaban J connectivity index is 2.17. The van der Waals surface area contributed by atoms with Gasteiger partial charge >= 0.3 is 0 Å². The fraction of sp³-hybridized carbons (Fsp3) is 0.818. The fourth-order valence-electron chi connectivity index (χ4n) is 2.65. The Kier molecular flexibility index (Phi) is 1.83. The smallest absolute Gasteiger partial charge is 0.118 e. The predicted molar refractivity (Wildman–Crippen MR) is 51.4 cm³/mol. The molecule has 0 aromatic heterocycles. The second-order valence-electron chi connectivity index (χ2n) is 4.78. The van der Waals surface area contributed by atoms with Gasteiger partial charge < -0.3 is 9.84 Å². The lowest BCUT2D eigenvalue weighted by molar-refractivity contribution is 0.0188. The van der Waals surface area contributed by atoms with Gasteiger partial charge in [0.05, 0.1) is 12.2 Å². The van der Waals surface area contributed by atoms with E-state index >= 15 is 0 Å². The van der Waals surface area contributed by atoms with Crippen molar-refractivity contribution >= 4 is 0 Å². The van der Waals surface area contributed by atoms with Gasteiger partial charge in [0, 0.05) is 0 Å². The molecule has 13 heavy (non-hydrogen) atoms. The van der Waals surface area contributed by atoms with E-state index in [4.69, 9.17) is 4.74 Å². The standard InChI is InChI=1S/C11H18O2/c1-6(2)8-5-9-11(4,13-9)10(12)7(8)3/h7-10,12H,1,5H2,2-4H3. The lowest BCUT2D eigenvalue weighted by Crippen LogP contribution is -2.43. The van der Waals surface area contributed by atoms with Gasteiger partial charge in [-0.1, -0.05) is 19.1 Å². The predicted octanol–water partition coefficient (Wildman–Crippen LogP) is 1.74. The van der Waals surface area contributed by atoms with Crippen LogP contribution in [-0.2, 0) is 4.74 Å². The summed E-state index contributed by atoms with van der Waals surface area (Å²) in [6.07, 6.45) is 0.970. The number of aliphatic hydroxyl groups is 1. The molecule has 2 heteroatoms. The van der Waals surface area contributed by atoms with Crippen molar-refractivity contribution in [2.75, 3.05) is 0 Å². The van der Waals surface area contributed by atoms with Gasteiger partial charge in [-0.2, -0.15) is 0 Å². The summed E-state index contributed by atoms with van der Waals surface area (Å²) < 4.78 is 5.54. The summed E-state index contributed by atoms with van der Waals surface area (Å²) in [6, 6.07) is 0. The molecule has 1 N–H and O–H groups in total. The maximum absolute atomic E-state index is 10.0. The molecule has 5 unspecified atom stereocenters. The molecular weight excluding hydrogens is 164 g/mol. The van der Waals surface area contributed by atoms with Gasteiger partial charge in [0.15, 0.2) is 0 Å². The maximum Gasteiger partial charge on any atom is 0.118 e. The number of aliphatic hydroxyl groups excluding tert-OH is 1. The first kappa shape index (κ1) is 9.22. The molecule has 0 bridgehead atoms. The van der Waals surface area contributed by atoms with E-state index in [0.29, 0.717) is 5.92 Å². The number of rotatable bonds is 1. The van der Waals surface area contributed by atoms with Gasteiger partial charge in [-0.05, 0) is 32.1 Å². The molecule has 1 aliphatic heterocycles. The zero-order chi connectivity index (χ0) is 9.80. The molecule has 2 fully saturated rings. The van der Waals surface area contributed by atoms with Gasteiger partial charge in [-0.3, -0.25) is 0 Å². The zero-order valence-corrected chi connectivity index (χ0v) is 8.58. The summed E-state index contributed by atoms with van der Waals surface area (Å²) in [6.45, 7) is 10.1. The largest absolute Gasteiger partial charge is 0.390 e. The first-order valence-electron chi connectivity index (χ1n) is 4.98. The van der Waals surface area contributed by atoms with Crippen molar-refractivity contribution < 1.29 is 9.84 Å². The van der Waals surface area contributed by atoms with Crippen molar-refractivity contribution in [1.82, 2.24) is 0 Å². The lowest BCUT2D eigenvalue weighted by atomic mass is 9.71. The van der Waals surface area contributed by atoms with Crippen molar-refractivity contribution in [3.8, 4) is 0 Å². The molecule has 5 atom stereocenters. The molecule has 0 spiro atoms. The molecule has 2 nitrogen and oxygen atoms in total. The molecule has 0 amide bonds. The van der Waals surface area contributed by atoms with Crippen LogP contribution in [-0.4, -0.2) is 22.9 Å². The Morgan fingerprint density at radius 1 is 1.62 bits per heavy atom. The van der Waals surface area contributed by atoms with Crippen molar-refractivity contribution in [3.63, 3.8) is 0 Å². The topological polar surface area (TPSA) is 32.8 Å². The summed E-state index contributed by atoms with van der Waals surface area (Å²) in [4.78, 5) is 0. The van der Waals surface area contributed by atoms with Crippen molar-refractivity contribution in [2.45, 2.75) is 45.0 Å². The van der Waals surface area contributed by atoms with Crippen molar-refractivity contribution in [1.29, 1.82) is 0 Å². The van der Waals surface area contributed by atoms with Gasteiger partial charge in [0.1, 0.15) is 5.60 Å². The Hall–Kier alpha value is -0.340. The van der Waals surface area contributed by atoms with E-state index in [9.17, 15) is 5.11 Å². The molecule has 1 heterocycles. The third-order valence-electron chi connectivity index (χ3n) is 3.80. The third-order valence-corrected chi connectivity index (χ3v) is 3.80. The highest BCUT2D eigenvalue weighted by Gasteiger charge is 2.63. The van der Waals surface area contributed by atoms with Crippen LogP contribution in [0.5, 0.6) is 0 Å². The van der Waals surface area contributed by atoms with E-state index < -0.39 is 0 Å². The normalized spacial score (nSPS) is 54.2. The Bertz CT molecular complexity index is 248. The average molecular weight is 182 g/mol. The van der Waals surface area contributed by atoms with E-state index in [2.05, 4.69) is 13.5 Å². The van der Waals surface area contributed by atoms with Crippen LogP contribution in [0.4, 0.5) is 0 Å². The number of fused-ring (bicyclic) bond motifs is 1. The Labute approximate surface area is 79.6 Å². The van der Waals surface area contributed by atoms with Crippen molar-refractivity contribution in [3.05, 3.63) is 12.2 Å². The number of ether oxygens (including phenoxy) is 1. The van der Waals surface area contributed by atoms with E-state index in [-0.39, 0.29) is 23.7 Å². The molecule has 0 aromatic carbocycles. The van der Waals surface area contributed by atoms with E-state index in [1.165, 1.54) is 5.57 Å². The minimum atomic E-state index is -0.326. The molecule has 74 valence electrons. The Morgan fingerprint density at radius 3 is 2.77 bits per heavy atom. The second kappa shape index (κ2) is 2.58. The molecule has 1 saturated carbocycles. The third kappa shape index (κ3) is 1.16. The van der Waals surface area contributed by atoms with Gasteiger partial charge in [-0.25, -0.2) is 0 Å². The van der Waals surface area contributed by atoms with Crippen molar-refractivity contribution in [2.24, 2.45) is 11.8 Å². The number of hydrogen-bond donors (Lipinski definition) is 1. The van der Waals surface area contributed by atoms with E-state index in [1.54, 1.807) is 0 Å². The van der Waals surface area contributed by atoms with Crippen LogP contribution in [0.1, 0.15) is 27.2 Å². The van der Waals surface area contributed by atoms with Crippen LogP contribution in [0.3, 0.4) is 0 Å². The highest BCUT2D eigenvalue weighted by Crippen LogP contribution is 2.52. The Morgan fingerprint density at radius 2 is 2.23 bits per heavy atom. The maximum atomic E-state index is 10.0. The van der Waals surface area contributed by atoms with Gasteiger partial charge in [0.2, 0.25) is 0 Å². The monoisotopic (exact) mass is 182 g/mol. The van der Waals surface area contributed by atoms with Crippen LogP contribution in [0.25, 0.3) is 0 Å². The number of allylic oxidation sites excluding steroid dienone is 1. The minimum Gasteiger partial charge on any atom is -0.390 e. The average Bonchev–Trinajstić information content (AvgIpc) is 2.70. The molecular formula is C11H18O2. The van der Waals surface area contributed by atoms with Crippen LogP contribution in [0.15, 0.2) is 12.2 Å². The SMILES string of the molecule is C=C(C)C1CC2OC2(C)C(O)C1C. The molecule has 2 rings (SSSR count). The molecule has 1 saturated heterocycles. The number of epoxide rings is 1. The van der Waals surface area contributed by atoms with Crippen LogP contribution in [0.2, 0.25) is 0 Å². The molecule has 2 aliphatic rings. The van der Waals surface area contributed by atoms with Crippen LogP contribution in [0, 0.1) is 11.8 Å².